The molecule has 3 rings (SSSR count). The van der Waals surface area contributed by atoms with Gasteiger partial charge in [0.1, 0.15) is 11.4 Å². The Morgan fingerprint density at radius 2 is 1.72 bits per heavy atom. The van der Waals surface area contributed by atoms with Gasteiger partial charge in [0.05, 0.1) is 4.92 Å². The van der Waals surface area contributed by atoms with Gasteiger partial charge in [-0.05, 0) is 31.0 Å². The van der Waals surface area contributed by atoms with E-state index < -0.39 is 4.92 Å². The number of hydrogen-bond donors (Lipinski definition) is 0. The largest absolute Gasteiger partial charge is 0.423 e. The fourth-order valence-electron chi connectivity index (χ4n) is 2.12. The van der Waals surface area contributed by atoms with Crippen LogP contribution >= 0.6 is 0 Å². The summed E-state index contributed by atoms with van der Waals surface area (Å²) in [7, 11) is 0. The smallest absolute Gasteiger partial charge is 0.336 e. The number of aryl methyl sites for hydroxylation is 1. The molecular weight excluding hydrogens is 322 g/mol. The Balaban J connectivity index is 0.000000185. The summed E-state index contributed by atoms with van der Waals surface area (Å²) in [5.41, 5.74) is 1.37. The van der Waals surface area contributed by atoms with Gasteiger partial charge in [-0.2, -0.15) is 0 Å². The summed E-state index contributed by atoms with van der Waals surface area (Å²) < 4.78 is 4.91. The number of nitro groups is 1. The number of fused-ring (bicyclic) bond motifs is 1. The Morgan fingerprint density at radius 3 is 2.36 bits per heavy atom. The zero-order valence-electron chi connectivity index (χ0n) is 13.7. The normalized spacial score (nSPS) is 9.96. The molecule has 3 aromatic rings. The molecule has 0 spiro atoms. The van der Waals surface area contributed by atoms with E-state index in [9.17, 15) is 19.7 Å². The topological polar surface area (TPSA) is 90.4 Å². The maximum Gasteiger partial charge on any atom is 0.336 e. The predicted molar refractivity (Wildman–Crippen MR) is 94.6 cm³/mol. The molecule has 0 aliphatic heterocycles. The first-order chi connectivity index (χ1) is 12.0. The van der Waals surface area contributed by atoms with Crippen LogP contribution in [0.4, 0.5) is 5.69 Å². The summed E-state index contributed by atoms with van der Waals surface area (Å²) >= 11 is 0. The number of rotatable bonds is 4. The lowest BCUT2D eigenvalue weighted by atomic mass is 10.1. The molecule has 1 aromatic heterocycles. The Morgan fingerprint density at radius 1 is 1.04 bits per heavy atom. The minimum absolute atomic E-state index is 0.0802. The zero-order chi connectivity index (χ0) is 18.2. The van der Waals surface area contributed by atoms with E-state index >= 15 is 0 Å². The minimum atomic E-state index is -0.436. The second-order valence-electron chi connectivity index (χ2n) is 5.42. The van der Waals surface area contributed by atoms with Gasteiger partial charge in [-0.3, -0.25) is 10.1 Å². The molecule has 6 heteroatoms. The highest BCUT2D eigenvalue weighted by Crippen LogP contribution is 2.13. The van der Waals surface area contributed by atoms with E-state index in [-0.39, 0.29) is 17.1 Å². The van der Waals surface area contributed by atoms with Crippen LogP contribution in [0.3, 0.4) is 0 Å². The third-order valence-electron chi connectivity index (χ3n) is 3.44. The van der Waals surface area contributed by atoms with Gasteiger partial charge in [-0.15, -0.1) is 0 Å². The van der Waals surface area contributed by atoms with E-state index in [2.05, 4.69) is 0 Å². The van der Waals surface area contributed by atoms with Crippen molar-refractivity contribution in [2.45, 2.75) is 19.8 Å². The zero-order valence-corrected chi connectivity index (χ0v) is 13.7. The number of carbonyl (C=O) groups excluding carboxylic acids is 1. The number of nitrogens with zero attached hydrogens (tertiary/aromatic N) is 1. The van der Waals surface area contributed by atoms with Gasteiger partial charge in [0, 0.05) is 30.0 Å². The Labute approximate surface area is 143 Å². The van der Waals surface area contributed by atoms with E-state index in [1.54, 1.807) is 24.3 Å². The Kier molecular flexibility index (Phi) is 6.17. The van der Waals surface area contributed by atoms with Crippen molar-refractivity contribution in [3.63, 3.8) is 0 Å². The first kappa shape index (κ1) is 18.1. The van der Waals surface area contributed by atoms with E-state index in [0.29, 0.717) is 18.4 Å². The van der Waals surface area contributed by atoms with Gasteiger partial charge in [-0.1, -0.05) is 30.3 Å². The number of Topliss-reactive ketones (excluding diaryl/α,β-unsaturated/α-hetero) is 1. The Bertz CT molecular complexity index is 928. The molecule has 0 amide bonds. The molecule has 0 atom stereocenters. The first-order valence-electron chi connectivity index (χ1n) is 7.67. The average molecular weight is 339 g/mol. The third-order valence-corrected chi connectivity index (χ3v) is 3.44. The van der Waals surface area contributed by atoms with Gasteiger partial charge < -0.3 is 9.21 Å². The van der Waals surface area contributed by atoms with Crippen LogP contribution in [0.2, 0.25) is 0 Å². The molecule has 1 heterocycles. The number of carbonyl (C=O) groups is 1. The van der Waals surface area contributed by atoms with Gasteiger partial charge >= 0.3 is 5.63 Å². The number of non-ortho nitro benzene ring substituents is 1. The second-order valence-corrected chi connectivity index (χ2v) is 5.42. The molecule has 6 nitrogen and oxygen atoms in total. The quantitative estimate of drug-likeness (QED) is 0.408. The molecule has 0 radical (unpaired) electrons. The van der Waals surface area contributed by atoms with E-state index in [1.807, 2.05) is 18.2 Å². The van der Waals surface area contributed by atoms with Crippen LogP contribution in [0.1, 0.15) is 18.9 Å². The number of hydrogen-bond acceptors (Lipinski definition) is 5. The number of ketones is 1. The second kappa shape index (κ2) is 8.54. The molecule has 0 aliphatic carbocycles. The summed E-state index contributed by atoms with van der Waals surface area (Å²) in [5.74, 6) is 0.128. The van der Waals surface area contributed by atoms with Crippen LogP contribution < -0.4 is 5.63 Å². The van der Waals surface area contributed by atoms with Crippen LogP contribution in [0.15, 0.2) is 69.9 Å². The van der Waals surface area contributed by atoms with Crippen molar-refractivity contribution < 1.29 is 14.1 Å². The highest BCUT2D eigenvalue weighted by atomic mass is 16.6. The molecular formula is C19H17NO5. The lowest BCUT2D eigenvalue weighted by Gasteiger charge is -1.97. The molecule has 0 fully saturated rings. The highest BCUT2D eigenvalue weighted by Gasteiger charge is 2.04. The SMILES string of the molecule is CC(=O)CCc1ccc([N+](=O)[O-])cc1.O=c1ccc2ccccc2o1. The maximum absolute atomic E-state index is 10.7. The van der Waals surface area contributed by atoms with E-state index in [1.165, 1.54) is 25.1 Å². The van der Waals surface area contributed by atoms with Crippen LogP contribution in [-0.2, 0) is 11.2 Å². The van der Waals surface area contributed by atoms with Crippen molar-refractivity contribution in [3.05, 3.63) is 86.8 Å². The van der Waals surface area contributed by atoms with E-state index in [0.717, 1.165) is 10.9 Å². The van der Waals surface area contributed by atoms with Crippen LogP contribution in [0, 0.1) is 10.1 Å². The number of nitro benzene ring substituents is 1. The average Bonchev–Trinajstić information content (AvgIpc) is 2.60. The monoisotopic (exact) mass is 339 g/mol. The molecule has 128 valence electrons. The molecule has 0 N–H and O–H groups in total. The fourth-order valence-corrected chi connectivity index (χ4v) is 2.12. The lowest BCUT2D eigenvalue weighted by Crippen LogP contribution is -1.94. The first-order valence-corrected chi connectivity index (χ1v) is 7.67. The fraction of sp³-hybridized carbons (Fsp3) is 0.158. The van der Waals surface area contributed by atoms with Gasteiger partial charge in [-0.25, -0.2) is 4.79 Å². The van der Waals surface area contributed by atoms with E-state index in [4.69, 9.17) is 4.42 Å². The van der Waals surface area contributed by atoms with Crippen molar-refractivity contribution in [3.8, 4) is 0 Å². The summed E-state index contributed by atoms with van der Waals surface area (Å²) in [6.07, 6.45) is 1.13. The molecule has 0 saturated carbocycles. The summed E-state index contributed by atoms with van der Waals surface area (Å²) in [5, 5.41) is 11.3. The number of para-hydroxylation sites is 1. The van der Waals surface area contributed by atoms with Crippen molar-refractivity contribution in [1.82, 2.24) is 0 Å². The van der Waals surface area contributed by atoms with Gasteiger partial charge in [0.2, 0.25) is 0 Å². The van der Waals surface area contributed by atoms with Crippen LogP contribution in [0.5, 0.6) is 0 Å². The van der Waals surface area contributed by atoms with Crippen molar-refractivity contribution in [1.29, 1.82) is 0 Å². The molecule has 0 saturated heterocycles. The molecule has 25 heavy (non-hydrogen) atoms. The highest BCUT2D eigenvalue weighted by molar-refractivity contribution is 5.76. The molecule has 0 unspecified atom stereocenters. The van der Waals surface area contributed by atoms with Gasteiger partial charge in [0.25, 0.3) is 5.69 Å². The van der Waals surface area contributed by atoms with Gasteiger partial charge in [0.15, 0.2) is 0 Å². The van der Waals surface area contributed by atoms with Crippen molar-refractivity contribution >= 4 is 22.4 Å². The predicted octanol–water partition coefficient (Wildman–Crippen LogP) is 3.91. The molecule has 0 bridgehead atoms. The summed E-state index contributed by atoms with van der Waals surface area (Å²) in [6, 6.07) is 16.9. The Hall–Kier alpha value is -3.28. The molecule has 0 aliphatic rings. The minimum Gasteiger partial charge on any atom is -0.423 e. The van der Waals surface area contributed by atoms with Crippen molar-refractivity contribution in [2.75, 3.05) is 0 Å². The summed E-state index contributed by atoms with van der Waals surface area (Å²) in [4.78, 5) is 31.3. The standard InChI is InChI=1S/C10H11NO3.C9H6O2/c1-8(12)2-3-9-4-6-10(7-5-9)11(13)14;10-9-6-5-7-3-1-2-4-8(7)11-9/h4-7H,2-3H2,1H3;1-6H. The van der Waals surface area contributed by atoms with Crippen molar-refractivity contribution in [2.24, 2.45) is 0 Å². The lowest BCUT2D eigenvalue weighted by molar-refractivity contribution is -0.384. The molecule has 2 aromatic carbocycles. The summed E-state index contributed by atoms with van der Waals surface area (Å²) in [6.45, 7) is 1.53. The maximum atomic E-state index is 10.7. The van der Waals surface area contributed by atoms with Crippen LogP contribution in [0.25, 0.3) is 11.0 Å². The number of benzene rings is 2. The third kappa shape index (κ3) is 5.69. The van der Waals surface area contributed by atoms with Crippen LogP contribution in [-0.4, -0.2) is 10.7 Å².